The summed E-state index contributed by atoms with van der Waals surface area (Å²) in [5.41, 5.74) is -0.595. The van der Waals surface area contributed by atoms with E-state index in [0.717, 1.165) is 43.5 Å². The molecule has 6 heteroatoms. The zero-order chi connectivity index (χ0) is 18.4. The zero-order valence-corrected chi connectivity index (χ0v) is 13.6. The molecular weight excluding hydrogens is 331 g/mol. The molecule has 2 aromatic rings. The summed E-state index contributed by atoms with van der Waals surface area (Å²) in [6.07, 6.45) is 3.23. The highest BCUT2D eigenvalue weighted by atomic mass is 19.1. The predicted molar refractivity (Wildman–Crippen MR) is 85.7 cm³/mol. The van der Waals surface area contributed by atoms with Crippen molar-refractivity contribution in [2.24, 2.45) is 0 Å². The van der Waals surface area contributed by atoms with Crippen LogP contribution in [0, 0.1) is 28.8 Å². The first kappa shape index (κ1) is 18.5. The van der Waals surface area contributed by atoms with Crippen molar-refractivity contribution < 1.29 is 22.7 Å². The van der Waals surface area contributed by atoms with Crippen molar-refractivity contribution in [1.29, 1.82) is 5.26 Å². The van der Waals surface area contributed by atoms with Crippen LogP contribution in [0.1, 0.15) is 47.7 Å². The summed E-state index contributed by atoms with van der Waals surface area (Å²) >= 11 is 0. The Morgan fingerprint density at radius 2 is 1.76 bits per heavy atom. The van der Waals surface area contributed by atoms with Crippen LogP contribution in [0.5, 0.6) is 5.75 Å². The third-order valence-corrected chi connectivity index (χ3v) is 3.65. The van der Waals surface area contributed by atoms with E-state index < -0.39 is 29.0 Å². The minimum absolute atomic E-state index is 0.228. The summed E-state index contributed by atoms with van der Waals surface area (Å²) in [7, 11) is 0. The minimum atomic E-state index is -1.26. The monoisotopic (exact) mass is 347 g/mol. The van der Waals surface area contributed by atoms with Crippen LogP contribution < -0.4 is 4.74 Å². The fourth-order valence-corrected chi connectivity index (χ4v) is 2.35. The van der Waals surface area contributed by atoms with Crippen LogP contribution in [0.2, 0.25) is 0 Å². The third kappa shape index (κ3) is 4.60. The molecule has 2 aromatic carbocycles. The Balaban J connectivity index is 2.19. The number of carbonyl (C=O) groups excluding carboxylic acids is 1. The summed E-state index contributed by atoms with van der Waals surface area (Å²) in [4.78, 5) is 12.0. The molecule has 0 saturated carbocycles. The molecule has 0 spiro atoms. The topological polar surface area (TPSA) is 50.1 Å². The smallest absolute Gasteiger partial charge is 0.349 e. The molecule has 0 fully saturated rings. The number of aryl methyl sites for hydroxylation is 1. The summed E-state index contributed by atoms with van der Waals surface area (Å²) in [6, 6.07) is 6.93. The molecule has 0 aliphatic carbocycles. The van der Waals surface area contributed by atoms with Gasteiger partial charge in [0.2, 0.25) is 0 Å². The van der Waals surface area contributed by atoms with Crippen molar-refractivity contribution in [2.75, 3.05) is 0 Å². The standard InChI is InChI=1S/C19H16F3NO2/c1-2-3-4-5-12-8-16(21)18(17(22)9-12)19(24)25-14-7-6-13(11-23)15(20)10-14/h6-10H,2-5H2,1H3. The van der Waals surface area contributed by atoms with E-state index in [-0.39, 0.29) is 11.3 Å². The van der Waals surface area contributed by atoms with E-state index in [1.54, 1.807) is 6.07 Å². The van der Waals surface area contributed by atoms with E-state index >= 15 is 0 Å². The largest absolute Gasteiger partial charge is 0.423 e. The lowest BCUT2D eigenvalue weighted by molar-refractivity contribution is 0.0724. The Bertz CT molecular complexity index is 805. The van der Waals surface area contributed by atoms with Gasteiger partial charge in [-0.25, -0.2) is 18.0 Å². The highest BCUT2D eigenvalue weighted by Crippen LogP contribution is 2.21. The second kappa shape index (κ2) is 8.34. The van der Waals surface area contributed by atoms with Crippen molar-refractivity contribution in [1.82, 2.24) is 0 Å². The van der Waals surface area contributed by atoms with Crippen LogP contribution in [0.3, 0.4) is 0 Å². The van der Waals surface area contributed by atoms with Crippen LogP contribution in [-0.4, -0.2) is 5.97 Å². The maximum atomic E-state index is 14.1. The Kier molecular flexibility index (Phi) is 6.18. The molecule has 2 rings (SSSR count). The highest BCUT2D eigenvalue weighted by Gasteiger charge is 2.21. The van der Waals surface area contributed by atoms with Crippen LogP contribution in [0.25, 0.3) is 0 Å². The van der Waals surface area contributed by atoms with Gasteiger partial charge in [0.05, 0.1) is 5.56 Å². The van der Waals surface area contributed by atoms with Gasteiger partial charge in [-0.2, -0.15) is 5.26 Å². The number of unbranched alkanes of at least 4 members (excludes halogenated alkanes) is 2. The normalized spacial score (nSPS) is 10.4. The molecule has 3 nitrogen and oxygen atoms in total. The SMILES string of the molecule is CCCCCc1cc(F)c(C(=O)Oc2ccc(C#N)c(F)c2)c(F)c1. The van der Waals surface area contributed by atoms with Gasteiger partial charge in [-0.15, -0.1) is 0 Å². The number of hydrogen-bond acceptors (Lipinski definition) is 3. The van der Waals surface area contributed by atoms with Gasteiger partial charge in [0.15, 0.2) is 0 Å². The fourth-order valence-electron chi connectivity index (χ4n) is 2.35. The Hall–Kier alpha value is -2.81. The van der Waals surface area contributed by atoms with E-state index in [0.29, 0.717) is 12.0 Å². The average molecular weight is 347 g/mol. The van der Waals surface area contributed by atoms with Gasteiger partial charge < -0.3 is 4.74 Å². The molecular formula is C19H16F3NO2. The quantitative estimate of drug-likeness (QED) is 0.423. The lowest BCUT2D eigenvalue weighted by atomic mass is 10.0. The van der Waals surface area contributed by atoms with Gasteiger partial charge in [-0.05, 0) is 42.7 Å². The molecule has 130 valence electrons. The maximum absolute atomic E-state index is 14.1. The first-order chi connectivity index (χ1) is 12.0. The average Bonchev–Trinajstić information content (AvgIpc) is 2.54. The molecule has 0 atom stereocenters. The number of nitriles is 1. The molecule has 0 aromatic heterocycles. The summed E-state index contributed by atoms with van der Waals surface area (Å²) in [5, 5.41) is 8.65. The van der Waals surface area contributed by atoms with Gasteiger partial charge in [-0.3, -0.25) is 0 Å². The van der Waals surface area contributed by atoms with Crippen molar-refractivity contribution in [3.8, 4) is 11.8 Å². The maximum Gasteiger partial charge on any atom is 0.349 e. The molecule has 0 radical (unpaired) electrons. The van der Waals surface area contributed by atoms with Gasteiger partial charge >= 0.3 is 5.97 Å². The minimum Gasteiger partial charge on any atom is -0.423 e. The molecule has 0 N–H and O–H groups in total. The molecule has 25 heavy (non-hydrogen) atoms. The van der Waals surface area contributed by atoms with Gasteiger partial charge in [0, 0.05) is 6.07 Å². The number of esters is 1. The van der Waals surface area contributed by atoms with E-state index in [1.807, 2.05) is 6.92 Å². The summed E-state index contributed by atoms with van der Waals surface area (Å²) in [6.45, 7) is 2.02. The van der Waals surface area contributed by atoms with E-state index in [4.69, 9.17) is 10.00 Å². The molecule has 0 aliphatic heterocycles. The lowest BCUT2D eigenvalue weighted by Crippen LogP contribution is -2.14. The number of benzene rings is 2. The van der Waals surface area contributed by atoms with E-state index in [9.17, 15) is 18.0 Å². The Labute approximate surface area is 143 Å². The van der Waals surface area contributed by atoms with E-state index in [2.05, 4.69) is 0 Å². The van der Waals surface area contributed by atoms with Crippen molar-refractivity contribution in [2.45, 2.75) is 32.6 Å². The highest BCUT2D eigenvalue weighted by molar-refractivity contribution is 5.91. The lowest BCUT2D eigenvalue weighted by Gasteiger charge is -2.09. The molecule has 0 aliphatic rings. The molecule has 0 heterocycles. The number of ether oxygens (including phenoxy) is 1. The summed E-state index contributed by atoms with van der Waals surface area (Å²) in [5.74, 6) is -4.44. The van der Waals surface area contributed by atoms with Gasteiger partial charge in [0.1, 0.15) is 34.8 Å². The Morgan fingerprint density at radius 3 is 2.32 bits per heavy atom. The van der Waals surface area contributed by atoms with E-state index in [1.165, 1.54) is 6.07 Å². The number of carbonyl (C=O) groups is 1. The van der Waals surface area contributed by atoms with Crippen molar-refractivity contribution in [3.63, 3.8) is 0 Å². The first-order valence-corrected chi connectivity index (χ1v) is 7.86. The molecule has 0 amide bonds. The second-order valence-corrected chi connectivity index (χ2v) is 5.53. The van der Waals surface area contributed by atoms with Crippen LogP contribution in [-0.2, 0) is 6.42 Å². The van der Waals surface area contributed by atoms with Crippen LogP contribution in [0.4, 0.5) is 13.2 Å². The number of hydrogen-bond donors (Lipinski definition) is 0. The second-order valence-electron chi connectivity index (χ2n) is 5.53. The van der Waals surface area contributed by atoms with Gasteiger partial charge in [0.25, 0.3) is 0 Å². The Morgan fingerprint density at radius 1 is 1.08 bits per heavy atom. The number of halogens is 3. The number of nitrogens with zero attached hydrogens (tertiary/aromatic N) is 1. The van der Waals surface area contributed by atoms with Crippen molar-refractivity contribution in [3.05, 3.63) is 64.5 Å². The number of rotatable bonds is 6. The van der Waals surface area contributed by atoms with Crippen molar-refractivity contribution >= 4 is 5.97 Å². The van der Waals surface area contributed by atoms with Gasteiger partial charge in [-0.1, -0.05) is 19.8 Å². The molecule has 0 unspecified atom stereocenters. The van der Waals surface area contributed by atoms with Crippen LogP contribution >= 0.6 is 0 Å². The van der Waals surface area contributed by atoms with Crippen LogP contribution in [0.15, 0.2) is 30.3 Å². The molecule has 0 bridgehead atoms. The third-order valence-electron chi connectivity index (χ3n) is 3.65. The zero-order valence-electron chi connectivity index (χ0n) is 13.6. The molecule has 0 saturated heterocycles. The predicted octanol–water partition coefficient (Wildman–Crippen LogP) is 4.93. The fraction of sp³-hybridized carbons (Fsp3) is 0.263. The summed E-state index contributed by atoms with van der Waals surface area (Å²) < 4.78 is 46.5. The first-order valence-electron chi connectivity index (χ1n) is 7.86.